The monoisotopic (exact) mass is 320 g/mol. The molecule has 2 N–H and O–H groups in total. The lowest BCUT2D eigenvalue weighted by Crippen LogP contribution is -2.61. The van der Waals surface area contributed by atoms with Crippen LogP contribution in [0.5, 0.6) is 0 Å². The maximum Gasteiger partial charge on any atom is 0.227 e. The fraction of sp³-hybridized carbons (Fsp3) is 0.389. The lowest BCUT2D eigenvalue weighted by molar-refractivity contribution is 0.287. The van der Waals surface area contributed by atoms with E-state index in [1.807, 2.05) is 18.5 Å². The van der Waals surface area contributed by atoms with E-state index < -0.39 is 0 Å². The van der Waals surface area contributed by atoms with E-state index in [4.69, 9.17) is 4.98 Å². The number of rotatable bonds is 3. The zero-order chi connectivity index (χ0) is 15.9. The molecule has 6 nitrogen and oxygen atoms in total. The molecular formula is C18H20N6. The summed E-state index contributed by atoms with van der Waals surface area (Å²) < 4.78 is 0. The summed E-state index contributed by atoms with van der Waals surface area (Å²) >= 11 is 0. The van der Waals surface area contributed by atoms with E-state index >= 15 is 0 Å². The number of piperazine rings is 1. The number of nitrogens with one attached hydrogen (secondary N) is 2. The van der Waals surface area contributed by atoms with Gasteiger partial charge in [-0.15, -0.1) is 0 Å². The van der Waals surface area contributed by atoms with Gasteiger partial charge in [0.15, 0.2) is 0 Å². The Morgan fingerprint density at radius 2 is 2.21 bits per heavy atom. The second-order valence-electron chi connectivity index (χ2n) is 6.74. The molecule has 24 heavy (non-hydrogen) atoms. The molecule has 2 atom stereocenters. The van der Waals surface area contributed by atoms with Gasteiger partial charge in [-0.3, -0.25) is 4.99 Å². The fourth-order valence-corrected chi connectivity index (χ4v) is 3.84. The summed E-state index contributed by atoms with van der Waals surface area (Å²) in [5.74, 6) is 1.67. The first-order valence-electron chi connectivity index (χ1n) is 8.58. The number of aromatic nitrogens is 2. The molecule has 6 heteroatoms. The predicted molar refractivity (Wildman–Crippen MR) is 95.2 cm³/mol. The highest BCUT2D eigenvalue weighted by molar-refractivity contribution is 5.86. The van der Waals surface area contributed by atoms with Gasteiger partial charge >= 0.3 is 0 Å². The van der Waals surface area contributed by atoms with E-state index in [0.29, 0.717) is 12.1 Å². The van der Waals surface area contributed by atoms with Crippen molar-refractivity contribution >= 4 is 23.7 Å². The van der Waals surface area contributed by atoms with Gasteiger partial charge in [0, 0.05) is 43.3 Å². The Kier molecular flexibility index (Phi) is 3.23. The summed E-state index contributed by atoms with van der Waals surface area (Å²) in [7, 11) is 0. The summed E-state index contributed by atoms with van der Waals surface area (Å²) in [5, 5.41) is 6.97. The van der Waals surface area contributed by atoms with Crippen molar-refractivity contribution in [2.45, 2.75) is 31.5 Å². The van der Waals surface area contributed by atoms with Crippen molar-refractivity contribution < 1.29 is 0 Å². The van der Waals surface area contributed by atoms with Crippen LogP contribution in [0, 0.1) is 0 Å². The molecule has 6 rings (SSSR count). The van der Waals surface area contributed by atoms with E-state index in [0.717, 1.165) is 37.1 Å². The maximum absolute atomic E-state index is 4.75. The Hall–Kier alpha value is -2.47. The van der Waals surface area contributed by atoms with Crippen LogP contribution in [0.2, 0.25) is 0 Å². The molecule has 0 saturated carbocycles. The second-order valence-corrected chi connectivity index (χ2v) is 6.74. The Morgan fingerprint density at radius 1 is 1.21 bits per heavy atom. The smallest absolute Gasteiger partial charge is 0.227 e. The molecule has 0 amide bonds. The minimum absolute atomic E-state index is 0.515. The normalized spacial score (nSPS) is 24.2. The molecule has 1 aromatic carbocycles. The molecule has 122 valence electrons. The minimum atomic E-state index is 0.515. The summed E-state index contributed by atoms with van der Waals surface area (Å²) in [6.45, 7) is 2.83. The molecule has 3 saturated heterocycles. The van der Waals surface area contributed by atoms with Gasteiger partial charge in [0.2, 0.25) is 5.95 Å². The summed E-state index contributed by atoms with van der Waals surface area (Å²) in [6, 6.07) is 9.35. The SMILES string of the molecule is C1=NCc2ccc(Nc3ccnc(N4CC5CCC4CN5)n3)cc21. The molecule has 5 heterocycles. The molecule has 3 fully saturated rings. The first kappa shape index (κ1) is 13.9. The van der Waals surface area contributed by atoms with Gasteiger partial charge in [-0.2, -0.15) is 4.98 Å². The van der Waals surface area contributed by atoms with Crippen LogP contribution in [-0.2, 0) is 6.54 Å². The van der Waals surface area contributed by atoms with E-state index in [-0.39, 0.29) is 0 Å². The van der Waals surface area contributed by atoms with Gasteiger partial charge in [-0.1, -0.05) is 6.07 Å². The Morgan fingerprint density at radius 3 is 3.04 bits per heavy atom. The van der Waals surface area contributed by atoms with Gasteiger partial charge in [0.1, 0.15) is 5.82 Å². The maximum atomic E-state index is 4.75. The summed E-state index contributed by atoms with van der Waals surface area (Å²) in [5.41, 5.74) is 3.50. The predicted octanol–water partition coefficient (Wildman–Crippen LogP) is 2.09. The standard InChI is InChI=1S/C18H20N6/c1-2-14(7-13-9-19-8-12(1)13)22-17-5-6-20-18(23-17)24-11-15-3-4-16(24)10-21-15/h1-2,5-7,9,15-16,21H,3-4,8,10-11H2,(H,20,22,23). The third-order valence-electron chi connectivity index (χ3n) is 5.16. The van der Waals surface area contributed by atoms with Crippen molar-refractivity contribution in [3.05, 3.63) is 41.6 Å². The number of aliphatic imine (C=N–C) groups is 1. The number of piperidine rings is 2. The zero-order valence-electron chi connectivity index (χ0n) is 13.4. The van der Waals surface area contributed by atoms with Gasteiger partial charge in [-0.25, -0.2) is 4.98 Å². The van der Waals surface area contributed by atoms with Crippen LogP contribution >= 0.6 is 0 Å². The quantitative estimate of drug-likeness (QED) is 0.906. The molecule has 0 spiro atoms. The molecule has 0 radical (unpaired) electrons. The first-order valence-corrected chi connectivity index (χ1v) is 8.58. The minimum Gasteiger partial charge on any atom is -0.340 e. The van der Waals surface area contributed by atoms with Gasteiger partial charge in [0.25, 0.3) is 0 Å². The van der Waals surface area contributed by atoms with Crippen molar-refractivity contribution in [2.24, 2.45) is 4.99 Å². The first-order chi connectivity index (χ1) is 11.8. The Balaban J connectivity index is 1.38. The van der Waals surface area contributed by atoms with E-state index in [9.17, 15) is 0 Å². The molecule has 4 aliphatic heterocycles. The third-order valence-corrected chi connectivity index (χ3v) is 5.16. The van der Waals surface area contributed by atoms with Crippen molar-refractivity contribution in [2.75, 3.05) is 23.3 Å². The van der Waals surface area contributed by atoms with Crippen LogP contribution in [0.15, 0.2) is 35.5 Å². The number of hydrogen-bond acceptors (Lipinski definition) is 6. The molecule has 2 bridgehead atoms. The van der Waals surface area contributed by atoms with Gasteiger partial charge in [-0.05, 0) is 42.2 Å². The third kappa shape index (κ3) is 2.43. The van der Waals surface area contributed by atoms with Crippen LogP contribution in [-0.4, -0.2) is 41.4 Å². The van der Waals surface area contributed by atoms with E-state index in [2.05, 4.69) is 43.7 Å². The van der Waals surface area contributed by atoms with Crippen molar-refractivity contribution in [1.29, 1.82) is 0 Å². The number of hydrogen-bond donors (Lipinski definition) is 2. The second kappa shape index (κ2) is 5.56. The Labute approximate surface area is 141 Å². The van der Waals surface area contributed by atoms with Crippen molar-refractivity contribution in [3.63, 3.8) is 0 Å². The average Bonchev–Trinajstić information content (AvgIpc) is 3.11. The number of fused-ring (bicyclic) bond motifs is 4. The lowest BCUT2D eigenvalue weighted by atomic mass is 9.93. The van der Waals surface area contributed by atoms with Crippen LogP contribution in [0.25, 0.3) is 0 Å². The van der Waals surface area contributed by atoms with Crippen LogP contribution in [0.1, 0.15) is 24.0 Å². The molecule has 2 unspecified atom stereocenters. The van der Waals surface area contributed by atoms with Crippen molar-refractivity contribution in [1.82, 2.24) is 15.3 Å². The highest BCUT2D eigenvalue weighted by atomic mass is 15.3. The van der Waals surface area contributed by atoms with E-state index in [1.54, 1.807) is 0 Å². The lowest BCUT2D eigenvalue weighted by Gasteiger charge is -2.45. The van der Waals surface area contributed by atoms with Crippen LogP contribution in [0.3, 0.4) is 0 Å². The molecule has 4 aliphatic rings. The molecule has 1 aromatic heterocycles. The highest BCUT2D eigenvalue weighted by Crippen LogP contribution is 2.27. The average molecular weight is 320 g/mol. The highest BCUT2D eigenvalue weighted by Gasteiger charge is 2.34. The number of nitrogens with zero attached hydrogens (tertiary/aromatic N) is 4. The van der Waals surface area contributed by atoms with Crippen LogP contribution in [0.4, 0.5) is 17.5 Å². The summed E-state index contributed by atoms with van der Waals surface area (Å²) in [4.78, 5) is 15.9. The van der Waals surface area contributed by atoms with E-state index in [1.165, 1.54) is 24.0 Å². The number of anilines is 3. The Bertz CT molecular complexity index is 794. The molecule has 2 aromatic rings. The fourth-order valence-electron chi connectivity index (χ4n) is 3.84. The van der Waals surface area contributed by atoms with Crippen molar-refractivity contribution in [3.8, 4) is 0 Å². The van der Waals surface area contributed by atoms with Gasteiger partial charge in [0.05, 0.1) is 6.54 Å². The van der Waals surface area contributed by atoms with Crippen LogP contribution < -0.4 is 15.5 Å². The zero-order valence-corrected chi connectivity index (χ0v) is 13.4. The topological polar surface area (TPSA) is 65.4 Å². The largest absolute Gasteiger partial charge is 0.340 e. The molecular weight excluding hydrogens is 300 g/mol. The van der Waals surface area contributed by atoms with Gasteiger partial charge < -0.3 is 15.5 Å². The summed E-state index contributed by atoms with van der Waals surface area (Å²) in [6.07, 6.45) is 6.26. The number of benzene rings is 1. The molecule has 0 aliphatic carbocycles.